The third-order valence-electron chi connectivity index (χ3n) is 5.85. The lowest BCUT2D eigenvalue weighted by Crippen LogP contribution is -2.34. The first-order valence-corrected chi connectivity index (χ1v) is 10.1. The van der Waals surface area contributed by atoms with Crippen molar-refractivity contribution in [1.82, 2.24) is 10.2 Å². The Morgan fingerprint density at radius 3 is 2.25 bits per heavy atom. The van der Waals surface area contributed by atoms with Crippen molar-refractivity contribution in [2.45, 2.75) is 51.0 Å². The summed E-state index contributed by atoms with van der Waals surface area (Å²) in [5.74, 6) is -1.18. The molecule has 7 heteroatoms. The maximum Gasteiger partial charge on any atom is 0.253 e. The van der Waals surface area contributed by atoms with Crippen LogP contribution in [0.25, 0.3) is 0 Å². The second kappa shape index (κ2) is 7.73. The molecular formula is C21H25N3O4. The van der Waals surface area contributed by atoms with E-state index in [1.54, 1.807) is 24.3 Å². The number of para-hydroxylation sites is 1. The molecule has 0 spiro atoms. The maximum atomic E-state index is 12.5. The van der Waals surface area contributed by atoms with Gasteiger partial charge in [0, 0.05) is 19.0 Å². The lowest BCUT2D eigenvalue weighted by atomic mass is 9.81. The zero-order valence-corrected chi connectivity index (χ0v) is 15.8. The van der Waals surface area contributed by atoms with E-state index in [1.807, 2.05) is 0 Å². The van der Waals surface area contributed by atoms with Gasteiger partial charge >= 0.3 is 0 Å². The van der Waals surface area contributed by atoms with Gasteiger partial charge in [-0.25, -0.2) is 0 Å². The average molecular weight is 383 g/mol. The third kappa shape index (κ3) is 3.79. The fourth-order valence-corrected chi connectivity index (χ4v) is 4.16. The molecule has 1 heterocycles. The van der Waals surface area contributed by atoms with Gasteiger partial charge in [0.1, 0.15) is 0 Å². The van der Waals surface area contributed by atoms with Gasteiger partial charge in [-0.1, -0.05) is 25.0 Å². The largest absolute Gasteiger partial charge is 0.349 e. The zero-order chi connectivity index (χ0) is 19.7. The molecule has 2 atom stereocenters. The number of benzene rings is 1. The van der Waals surface area contributed by atoms with Gasteiger partial charge in [0.2, 0.25) is 17.7 Å². The van der Waals surface area contributed by atoms with Gasteiger partial charge < -0.3 is 10.6 Å². The Bertz CT molecular complexity index is 794. The molecular weight excluding hydrogens is 358 g/mol. The Balaban J connectivity index is 1.35. The van der Waals surface area contributed by atoms with Crippen LogP contribution in [0.4, 0.5) is 5.69 Å². The molecule has 4 rings (SSSR count). The van der Waals surface area contributed by atoms with Gasteiger partial charge in [0.15, 0.2) is 0 Å². The number of rotatable bonds is 6. The van der Waals surface area contributed by atoms with E-state index in [9.17, 15) is 19.2 Å². The smallest absolute Gasteiger partial charge is 0.253 e. The lowest BCUT2D eigenvalue weighted by molar-refractivity contribution is -0.140. The van der Waals surface area contributed by atoms with E-state index in [0.29, 0.717) is 11.3 Å². The molecule has 3 fully saturated rings. The summed E-state index contributed by atoms with van der Waals surface area (Å²) in [5, 5.41) is 5.67. The molecule has 2 aliphatic carbocycles. The van der Waals surface area contributed by atoms with Gasteiger partial charge in [0.05, 0.1) is 23.1 Å². The molecule has 7 nitrogen and oxygen atoms in total. The van der Waals surface area contributed by atoms with Gasteiger partial charge in [-0.15, -0.1) is 0 Å². The third-order valence-corrected chi connectivity index (χ3v) is 5.85. The van der Waals surface area contributed by atoms with Crippen molar-refractivity contribution in [2.75, 3.05) is 11.9 Å². The van der Waals surface area contributed by atoms with Crippen LogP contribution < -0.4 is 10.6 Å². The Hall–Kier alpha value is -2.70. The number of carbonyl (C=O) groups is 4. The summed E-state index contributed by atoms with van der Waals surface area (Å²) in [4.78, 5) is 51.0. The molecule has 1 aromatic carbocycles. The van der Waals surface area contributed by atoms with Crippen LogP contribution in [0.2, 0.25) is 0 Å². The Morgan fingerprint density at radius 1 is 0.964 bits per heavy atom. The van der Waals surface area contributed by atoms with Gasteiger partial charge in [-0.05, 0) is 37.8 Å². The van der Waals surface area contributed by atoms with E-state index in [4.69, 9.17) is 0 Å². The van der Waals surface area contributed by atoms with Crippen LogP contribution in [-0.4, -0.2) is 41.1 Å². The second-order valence-corrected chi connectivity index (χ2v) is 7.92. The SMILES string of the molecule is O=C(CCN1C(=O)[C@@H]2CCCC[C@H]2C1=O)Nc1ccccc1C(=O)NC1CC1. The number of amides is 4. The van der Waals surface area contributed by atoms with Crippen molar-refractivity contribution >= 4 is 29.3 Å². The summed E-state index contributed by atoms with van der Waals surface area (Å²) in [6, 6.07) is 7.08. The Labute approximate surface area is 163 Å². The predicted octanol–water partition coefficient (Wildman–Crippen LogP) is 2.08. The number of hydrogen-bond acceptors (Lipinski definition) is 4. The van der Waals surface area contributed by atoms with Crippen LogP contribution in [0.5, 0.6) is 0 Å². The first kappa shape index (κ1) is 18.7. The van der Waals surface area contributed by atoms with Crippen LogP contribution in [0.15, 0.2) is 24.3 Å². The molecule has 0 aromatic heterocycles. The molecule has 148 valence electrons. The minimum Gasteiger partial charge on any atom is -0.349 e. The number of nitrogens with one attached hydrogen (secondary N) is 2. The highest BCUT2D eigenvalue weighted by Crippen LogP contribution is 2.38. The number of hydrogen-bond donors (Lipinski definition) is 2. The molecule has 3 aliphatic rings. The highest BCUT2D eigenvalue weighted by molar-refractivity contribution is 6.06. The van der Waals surface area contributed by atoms with E-state index in [-0.39, 0.29) is 54.5 Å². The molecule has 0 bridgehead atoms. The first-order valence-electron chi connectivity index (χ1n) is 10.1. The van der Waals surface area contributed by atoms with E-state index >= 15 is 0 Å². The maximum absolute atomic E-state index is 12.5. The number of likely N-dealkylation sites (tertiary alicyclic amines) is 1. The van der Waals surface area contributed by atoms with Crippen molar-refractivity contribution in [1.29, 1.82) is 0 Å². The average Bonchev–Trinajstić information content (AvgIpc) is 3.48. The Morgan fingerprint density at radius 2 is 1.61 bits per heavy atom. The fraction of sp³-hybridized carbons (Fsp3) is 0.524. The molecule has 4 amide bonds. The zero-order valence-electron chi connectivity index (χ0n) is 15.8. The molecule has 2 N–H and O–H groups in total. The van der Waals surface area contributed by atoms with Crippen molar-refractivity contribution in [3.63, 3.8) is 0 Å². The van der Waals surface area contributed by atoms with Crippen LogP contribution in [0, 0.1) is 11.8 Å². The molecule has 2 saturated carbocycles. The van der Waals surface area contributed by atoms with Gasteiger partial charge in [-0.3, -0.25) is 24.1 Å². The van der Waals surface area contributed by atoms with E-state index in [0.717, 1.165) is 38.5 Å². The number of anilines is 1. The summed E-state index contributed by atoms with van der Waals surface area (Å²) in [5.41, 5.74) is 0.862. The predicted molar refractivity (Wildman–Crippen MR) is 102 cm³/mol. The van der Waals surface area contributed by atoms with Gasteiger partial charge in [0.25, 0.3) is 5.91 Å². The van der Waals surface area contributed by atoms with Crippen LogP contribution in [0.1, 0.15) is 55.3 Å². The van der Waals surface area contributed by atoms with Crippen LogP contribution in [-0.2, 0) is 14.4 Å². The van der Waals surface area contributed by atoms with E-state index in [1.165, 1.54) is 4.90 Å². The van der Waals surface area contributed by atoms with Gasteiger partial charge in [-0.2, -0.15) is 0 Å². The molecule has 0 unspecified atom stereocenters. The van der Waals surface area contributed by atoms with Crippen molar-refractivity contribution in [3.8, 4) is 0 Å². The molecule has 1 saturated heterocycles. The summed E-state index contributed by atoms with van der Waals surface area (Å²) >= 11 is 0. The first-order chi connectivity index (χ1) is 13.5. The van der Waals surface area contributed by atoms with Crippen LogP contribution in [0.3, 0.4) is 0 Å². The molecule has 1 aromatic rings. The molecule has 0 radical (unpaired) electrons. The minimum absolute atomic E-state index is 0.0233. The standard InChI is InChI=1S/C21H25N3O4/c25-18(11-12-24-20(27)14-5-1-2-6-15(14)21(24)28)23-17-8-4-3-7-16(17)19(26)22-13-9-10-13/h3-4,7-8,13-15H,1-2,5-6,9-12H2,(H,22,26)(H,23,25)/t14-,15-/m1/s1. The molecule has 1 aliphatic heterocycles. The highest BCUT2D eigenvalue weighted by atomic mass is 16.2. The summed E-state index contributed by atoms with van der Waals surface area (Å²) in [6.07, 6.45) is 5.49. The van der Waals surface area contributed by atoms with Crippen molar-refractivity contribution < 1.29 is 19.2 Å². The Kier molecular flexibility index (Phi) is 5.15. The van der Waals surface area contributed by atoms with Crippen LogP contribution >= 0.6 is 0 Å². The summed E-state index contributed by atoms with van der Waals surface area (Å²) in [7, 11) is 0. The van der Waals surface area contributed by atoms with E-state index in [2.05, 4.69) is 10.6 Å². The molecule has 28 heavy (non-hydrogen) atoms. The number of nitrogens with zero attached hydrogens (tertiary/aromatic N) is 1. The lowest BCUT2D eigenvalue weighted by Gasteiger charge is -2.19. The van der Waals surface area contributed by atoms with Crippen molar-refractivity contribution in [2.24, 2.45) is 11.8 Å². The summed E-state index contributed by atoms with van der Waals surface area (Å²) in [6.45, 7) is 0.0902. The number of carbonyl (C=O) groups excluding carboxylic acids is 4. The minimum atomic E-state index is -0.317. The number of fused-ring (bicyclic) bond motifs is 1. The second-order valence-electron chi connectivity index (χ2n) is 7.92. The fourth-order valence-electron chi connectivity index (χ4n) is 4.16. The van der Waals surface area contributed by atoms with Crippen molar-refractivity contribution in [3.05, 3.63) is 29.8 Å². The number of imide groups is 1. The monoisotopic (exact) mass is 383 g/mol. The quantitative estimate of drug-likeness (QED) is 0.735. The summed E-state index contributed by atoms with van der Waals surface area (Å²) < 4.78 is 0. The van der Waals surface area contributed by atoms with E-state index < -0.39 is 0 Å². The topological polar surface area (TPSA) is 95.6 Å². The normalized spacial score (nSPS) is 24.1. The highest BCUT2D eigenvalue weighted by Gasteiger charge is 2.47.